The normalized spacial score (nSPS) is 34.4. The van der Waals surface area contributed by atoms with E-state index in [1.807, 2.05) is 58.0 Å². The van der Waals surface area contributed by atoms with E-state index in [-0.39, 0.29) is 36.3 Å². The highest BCUT2D eigenvalue weighted by atomic mass is 16.5. The van der Waals surface area contributed by atoms with Gasteiger partial charge in [-0.05, 0) is 44.6 Å². The minimum Gasteiger partial charge on any atom is -0.394 e. The Morgan fingerprint density at radius 1 is 1.19 bits per heavy atom. The molecule has 0 aliphatic carbocycles. The van der Waals surface area contributed by atoms with Gasteiger partial charge >= 0.3 is 0 Å². The van der Waals surface area contributed by atoms with Crippen molar-refractivity contribution < 1.29 is 24.2 Å². The molecule has 4 unspecified atom stereocenters. The molecule has 3 aliphatic rings. The van der Waals surface area contributed by atoms with Crippen LogP contribution in [0.2, 0.25) is 0 Å². The molecule has 1 aromatic rings. The fraction of sp³-hybridized carbons (Fsp3) is 0.679. The maximum absolute atomic E-state index is 14.3. The zero-order valence-corrected chi connectivity index (χ0v) is 22.1. The van der Waals surface area contributed by atoms with E-state index in [2.05, 4.69) is 17.6 Å². The molecule has 198 valence electrons. The summed E-state index contributed by atoms with van der Waals surface area (Å²) in [5.41, 5.74) is -1.23. The standard InChI is InChI=1S/C28H41N3O5/c1-6-11-18(4)30-25(34)23-28-15-17(3)27(5,36-28)21(24(33)29-14-7-2)22(28)26(35)31(23)20(16-32)19-12-9-8-10-13-19/h8-10,12-13,17-18,20-23,32H,6-7,11,14-16H2,1-5H3,(H,29,33)(H,30,34)/t17?,18?,20-,21+,22+,23?,27-,28?/m1/s1. The molecule has 0 saturated carbocycles. The summed E-state index contributed by atoms with van der Waals surface area (Å²) in [6.45, 7) is 10.1. The molecule has 2 bridgehead atoms. The van der Waals surface area contributed by atoms with E-state index in [1.165, 1.54) is 4.90 Å². The van der Waals surface area contributed by atoms with E-state index in [1.54, 1.807) is 0 Å². The Hall–Kier alpha value is -2.45. The summed E-state index contributed by atoms with van der Waals surface area (Å²) in [5.74, 6) is -2.30. The van der Waals surface area contributed by atoms with Crippen molar-refractivity contribution in [2.45, 2.75) is 89.6 Å². The molecule has 3 fully saturated rings. The van der Waals surface area contributed by atoms with Crippen LogP contribution in [0, 0.1) is 17.8 Å². The minimum atomic E-state index is -1.13. The number of amides is 3. The van der Waals surface area contributed by atoms with Crippen LogP contribution >= 0.6 is 0 Å². The lowest BCUT2D eigenvalue weighted by atomic mass is 9.62. The molecule has 1 spiro atoms. The van der Waals surface area contributed by atoms with E-state index >= 15 is 0 Å². The maximum atomic E-state index is 14.3. The number of aliphatic hydroxyl groups is 1. The number of carbonyl (C=O) groups is 3. The first-order valence-corrected chi connectivity index (χ1v) is 13.4. The van der Waals surface area contributed by atoms with Gasteiger partial charge in [0.05, 0.1) is 30.1 Å². The number of hydrogen-bond donors (Lipinski definition) is 3. The molecule has 0 aromatic heterocycles. The summed E-state index contributed by atoms with van der Waals surface area (Å²) in [4.78, 5) is 43.2. The minimum absolute atomic E-state index is 0.0217. The van der Waals surface area contributed by atoms with Crippen LogP contribution < -0.4 is 10.6 Å². The molecule has 3 saturated heterocycles. The predicted molar refractivity (Wildman–Crippen MR) is 136 cm³/mol. The van der Waals surface area contributed by atoms with Gasteiger partial charge in [0.25, 0.3) is 0 Å². The second-order valence-corrected chi connectivity index (χ2v) is 11.0. The second kappa shape index (κ2) is 10.1. The van der Waals surface area contributed by atoms with Crippen LogP contribution in [0.5, 0.6) is 0 Å². The van der Waals surface area contributed by atoms with Crippen molar-refractivity contribution >= 4 is 17.7 Å². The van der Waals surface area contributed by atoms with Gasteiger partial charge in [-0.15, -0.1) is 0 Å². The number of fused-ring (bicyclic) bond motifs is 1. The average Bonchev–Trinajstić information content (AvgIpc) is 3.36. The Kier molecular flexibility index (Phi) is 7.49. The van der Waals surface area contributed by atoms with Crippen LogP contribution in [-0.2, 0) is 19.1 Å². The van der Waals surface area contributed by atoms with E-state index < -0.39 is 35.1 Å². The predicted octanol–water partition coefficient (Wildman–Crippen LogP) is 2.56. The SMILES string of the molecule is CCCNC(=O)[C@@H]1[C@H]2C(=O)N([C@H](CO)c3ccccc3)C(C(=O)NC(C)CCC)C23CC(C)[C@@]1(C)O3. The lowest BCUT2D eigenvalue weighted by Crippen LogP contribution is -2.57. The fourth-order valence-electron chi connectivity index (χ4n) is 6.93. The Bertz CT molecular complexity index is 987. The quantitative estimate of drug-likeness (QED) is 0.459. The third-order valence-corrected chi connectivity index (χ3v) is 8.64. The van der Waals surface area contributed by atoms with E-state index in [4.69, 9.17) is 4.74 Å². The highest BCUT2D eigenvalue weighted by Crippen LogP contribution is 2.65. The Balaban J connectivity index is 1.82. The van der Waals surface area contributed by atoms with Crippen LogP contribution in [0.4, 0.5) is 0 Å². The first kappa shape index (κ1) is 26.6. The van der Waals surface area contributed by atoms with Crippen molar-refractivity contribution in [3.05, 3.63) is 35.9 Å². The molecule has 36 heavy (non-hydrogen) atoms. The van der Waals surface area contributed by atoms with Gasteiger partial charge in [0, 0.05) is 12.6 Å². The van der Waals surface area contributed by atoms with Crippen LogP contribution in [0.25, 0.3) is 0 Å². The monoisotopic (exact) mass is 499 g/mol. The van der Waals surface area contributed by atoms with Gasteiger partial charge in [0.15, 0.2) is 0 Å². The lowest BCUT2D eigenvalue weighted by molar-refractivity contribution is -0.151. The largest absolute Gasteiger partial charge is 0.394 e. The van der Waals surface area contributed by atoms with Crippen molar-refractivity contribution in [2.75, 3.05) is 13.2 Å². The first-order valence-electron chi connectivity index (χ1n) is 13.4. The molecule has 8 heteroatoms. The first-order chi connectivity index (χ1) is 17.2. The zero-order chi connectivity index (χ0) is 26.3. The summed E-state index contributed by atoms with van der Waals surface area (Å²) in [6, 6.07) is 7.53. The Labute approximate surface area is 214 Å². The Morgan fingerprint density at radius 2 is 1.89 bits per heavy atom. The topological polar surface area (TPSA) is 108 Å². The third kappa shape index (κ3) is 4.02. The summed E-state index contributed by atoms with van der Waals surface area (Å²) >= 11 is 0. The number of carbonyl (C=O) groups excluding carboxylic acids is 3. The number of aliphatic hydroxyl groups excluding tert-OH is 1. The number of hydrogen-bond acceptors (Lipinski definition) is 5. The molecule has 1 aromatic carbocycles. The van der Waals surface area contributed by atoms with Crippen LogP contribution in [0.1, 0.15) is 71.9 Å². The van der Waals surface area contributed by atoms with Crippen molar-refractivity contribution in [2.24, 2.45) is 17.8 Å². The number of likely N-dealkylation sites (tertiary alicyclic amines) is 1. The van der Waals surface area contributed by atoms with Crippen molar-refractivity contribution in [3.8, 4) is 0 Å². The van der Waals surface area contributed by atoms with Gasteiger partial charge in [-0.25, -0.2) is 0 Å². The van der Waals surface area contributed by atoms with Crippen LogP contribution in [0.15, 0.2) is 30.3 Å². The molecule has 3 N–H and O–H groups in total. The molecule has 3 heterocycles. The molecule has 4 rings (SSSR count). The van der Waals surface area contributed by atoms with Gasteiger partial charge in [0.2, 0.25) is 17.7 Å². The molecule has 8 nitrogen and oxygen atoms in total. The molecular formula is C28H41N3O5. The third-order valence-electron chi connectivity index (χ3n) is 8.64. The molecule has 3 aliphatic heterocycles. The van der Waals surface area contributed by atoms with Gasteiger partial charge in [-0.2, -0.15) is 0 Å². The molecular weight excluding hydrogens is 458 g/mol. The van der Waals surface area contributed by atoms with Crippen molar-refractivity contribution in [3.63, 3.8) is 0 Å². The van der Waals surface area contributed by atoms with Crippen LogP contribution in [-0.4, -0.2) is 64.2 Å². The van der Waals surface area contributed by atoms with E-state index in [0.29, 0.717) is 13.0 Å². The fourth-order valence-corrected chi connectivity index (χ4v) is 6.93. The lowest BCUT2D eigenvalue weighted by Gasteiger charge is -2.37. The van der Waals surface area contributed by atoms with Gasteiger partial charge in [-0.3, -0.25) is 14.4 Å². The number of nitrogens with one attached hydrogen (secondary N) is 2. The number of nitrogens with zero attached hydrogens (tertiary/aromatic N) is 1. The molecule has 8 atom stereocenters. The number of benzene rings is 1. The van der Waals surface area contributed by atoms with E-state index in [9.17, 15) is 19.5 Å². The summed E-state index contributed by atoms with van der Waals surface area (Å²) in [6.07, 6.45) is 3.00. The van der Waals surface area contributed by atoms with Crippen molar-refractivity contribution in [1.29, 1.82) is 0 Å². The summed E-state index contributed by atoms with van der Waals surface area (Å²) in [5, 5.41) is 16.6. The van der Waals surface area contributed by atoms with Gasteiger partial charge in [0.1, 0.15) is 11.6 Å². The highest BCUT2D eigenvalue weighted by Gasteiger charge is 2.80. The average molecular weight is 500 g/mol. The van der Waals surface area contributed by atoms with E-state index in [0.717, 1.165) is 24.8 Å². The van der Waals surface area contributed by atoms with Gasteiger partial charge < -0.3 is 25.4 Å². The van der Waals surface area contributed by atoms with Crippen LogP contribution in [0.3, 0.4) is 0 Å². The zero-order valence-electron chi connectivity index (χ0n) is 22.1. The Morgan fingerprint density at radius 3 is 2.50 bits per heavy atom. The molecule has 3 amide bonds. The number of rotatable bonds is 10. The second-order valence-electron chi connectivity index (χ2n) is 11.0. The van der Waals surface area contributed by atoms with Gasteiger partial charge in [-0.1, -0.05) is 57.5 Å². The highest BCUT2D eigenvalue weighted by molar-refractivity contribution is 5.99. The maximum Gasteiger partial charge on any atom is 0.246 e. The smallest absolute Gasteiger partial charge is 0.246 e. The summed E-state index contributed by atoms with van der Waals surface area (Å²) in [7, 11) is 0. The molecule has 0 radical (unpaired) electrons. The number of ether oxygens (including phenoxy) is 1. The van der Waals surface area contributed by atoms with Crippen molar-refractivity contribution in [1.82, 2.24) is 15.5 Å². The summed E-state index contributed by atoms with van der Waals surface area (Å²) < 4.78 is 6.74.